The Morgan fingerprint density at radius 3 is 2.15 bits per heavy atom. The van der Waals surface area contributed by atoms with Crippen LogP contribution in [0.2, 0.25) is 0 Å². The van der Waals surface area contributed by atoms with Gasteiger partial charge in [-0.3, -0.25) is 19.2 Å². The number of carbonyl (C=O) groups excluding carboxylic acids is 5. The fourth-order valence-corrected chi connectivity index (χ4v) is 9.45. The van der Waals surface area contributed by atoms with Crippen molar-refractivity contribution in [1.29, 1.82) is 0 Å². The second-order valence-corrected chi connectivity index (χ2v) is 17.0. The number of ether oxygens (including phenoxy) is 4. The summed E-state index contributed by atoms with van der Waals surface area (Å²) in [5.74, 6) is 2.08. The van der Waals surface area contributed by atoms with E-state index >= 15 is 0 Å². The Bertz CT molecular complexity index is 2830. The Labute approximate surface area is 384 Å². The van der Waals surface area contributed by atoms with Crippen molar-refractivity contribution in [1.82, 2.24) is 5.06 Å². The van der Waals surface area contributed by atoms with Crippen LogP contribution in [0.1, 0.15) is 61.4 Å². The maximum atomic E-state index is 14.0. The monoisotopic (exact) mass is 907 g/mol. The SMILES string of the molecule is C=C=Nc1cc(OCc2cc(COc3cc4c(cc3OC)C(=O)N3c5ccccc5C[C@H]3CN4)cc(CSCC(=O)ON3C(=O)CCC3=O)c2)c(OC)cc1C(=O)N1CCc2ccccc21. The summed E-state index contributed by atoms with van der Waals surface area (Å²) < 4.78 is 24.3. The van der Waals surface area contributed by atoms with E-state index in [0.29, 0.717) is 69.4 Å². The molecule has 336 valence electrons. The van der Waals surface area contributed by atoms with Crippen molar-refractivity contribution < 1.29 is 47.8 Å². The minimum atomic E-state index is -0.723. The molecular weight excluding hydrogens is 863 g/mol. The molecule has 5 aromatic carbocycles. The lowest BCUT2D eigenvalue weighted by Gasteiger charge is -2.22. The number of fused-ring (bicyclic) bond motifs is 5. The number of hydrogen-bond acceptors (Lipinski definition) is 13. The van der Waals surface area contributed by atoms with Crippen molar-refractivity contribution in [2.24, 2.45) is 4.99 Å². The average molecular weight is 908 g/mol. The number of thioether (sulfide) groups is 1. The number of aliphatic imine (C=N–C) groups is 1. The molecule has 4 aliphatic heterocycles. The summed E-state index contributed by atoms with van der Waals surface area (Å²) in [6.07, 6.45) is 1.50. The second-order valence-electron chi connectivity index (χ2n) is 16.0. The largest absolute Gasteiger partial charge is 0.493 e. The van der Waals surface area contributed by atoms with E-state index in [2.05, 4.69) is 28.8 Å². The van der Waals surface area contributed by atoms with Crippen LogP contribution in [0.5, 0.6) is 23.0 Å². The van der Waals surface area contributed by atoms with Gasteiger partial charge < -0.3 is 38.9 Å². The summed E-state index contributed by atoms with van der Waals surface area (Å²) in [6.45, 7) is 4.88. The maximum Gasteiger partial charge on any atom is 0.343 e. The van der Waals surface area contributed by atoms with E-state index in [9.17, 15) is 24.0 Å². The molecule has 0 saturated carbocycles. The minimum Gasteiger partial charge on any atom is -0.493 e. The molecule has 0 aromatic heterocycles. The molecule has 16 heteroatoms. The first-order chi connectivity index (χ1) is 32.1. The molecule has 4 amide bonds. The molecular formula is C50H45N5O10S. The van der Waals surface area contributed by atoms with Crippen LogP contribution in [0.15, 0.2) is 103 Å². The van der Waals surface area contributed by atoms with Crippen molar-refractivity contribution in [2.45, 2.75) is 50.7 Å². The van der Waals surface area contributed by atoms with E-state index in [0.717, 1.165) is 52.0 Å². The topological polar surface area (TPSA) is 166 Å². The van der Waals surface area contributed by atoms with Crippen LogP contribution in [0, 0.1) is 0 Å². The van der Waals surface area contributed by atoms with Crippen molar-refractivity contribution in [3.63, 3.8) is 0 Å². The molecule has 1 saturated heterocycles. The number of amides is 4. The summed E-state index contributed by atoms with van der Waals surface area (Å²) in [5, 5.41) is 4.01. The Morgan fingerprint density at radius 2 is 1.44 bits per heavy atom. The summed E-state index contributed by atoms with van der Waals surface area (Å²) in [7, 11) is 3.02. The molecule has 4 aliphatic rings. The molecule has 0 spiro atoms. The highest BCUT2D eigenvalue weighted by Gasteiger charge is 2.38. The summed E-state index contributed by atoms with van der Waals surface area (Å²) in [6, 6.07) is 28.2. The molecule has 15 nitrogen and oxygen atoms in total. The number of rotatable bonds is 15. The zero-order valence-electron chi connectivity index (χ0n) is 36.3. The van der Waals surface area contributed by atoms with E-state index in [-0.39, 0.29) is 49.7 Å². The highest BCUT2D eigenvalue weighted by atomic mass is 32.2. The zero-order valence-corrected chi connectivity index (χ0v) is 37.1. The molecule has 4 heterocycles. The van der Waals surface area contributed by atoms with Crippen LogP contribution >= 0.6 is 11.8 Å². The zero-order chi connectivity index (χ0) is 45.9. The molecule has 5 aromatic rings. The van der Waals surface area contributed by atoms with Crippen molar-refractivity contribution in [3.8, 4) is 23.0 Å². The maximum absolute atomic E-state index is 14.0. The minimum absolute atomic E-state index is 0.00354. The number of para-hydroxylation sites is 2. The third-order valence-corrected chi connectivity index (χ3v) is 12.8. The molecule has 9 rings (SSSR count). The van der Waals surface area contributed by atoms with Gasteiger partial charge in [-0.1, -0.05) is 48.5 Å². The number of nitrogens with one attached hydrogen (secondary N) is 1. The first-order valence-electron chi connectivity index (χ1n) is 21.4. The van der Waals surface area contributed by atoms with Gasteiger partial charge in [-0.05, 0) is 83.4 Å². The number of imide groups is 1. The molecule has 1 N–H and O–H groups in total. The van der Waals surface area contributed by atoms with Crippen LogP contribution in [-0.2, 0) is 51.0 Å². The number of anilines is 3. The quantitative estimate of drug-likeness (QED) is 0.0820. The normalized spacial score (nSPS) is 15.8. The standard InChI is InChI=1S/C50H45N5O10S/c1-4-51-38-23-44(42(61-2)21-36(38)49(59)53-16-15-33-9-5-7-11-40(33)53)63-26-30-17-31(19-32(18-30)28-66-29-48(58)65-55-46(56)13-14-47(55)57)27-64-45-24-39-37(22-43(45)62-3)50(60)54-35(25-52-39)20-34-10-6-8-12-41(34)54/h5-12,17-19,21-24,35,52H,1,13-16,20,25-29H2,2-3H3/t35-/m0/s1. The van der Waals surface area contributed by atoms with Crippen LogP contribution in [0.4, 0.5) is 22.7 Å². The average Bonchev–Trinajstić information content (AvgIpc) is 4.00. The number of carbonyl (C=O) groups is 5. The van der Waals surface area contributed by atoms with Crippen molar-refractivity contribution >= 4 is 70.0 Å². The fourth-order valence-electron chi connectivity index (χ4n) is 8.73. The first kappa shape index (κ1) is 43.7. The van der Waals surface area contributed by atoms with Gasteiger partial charge in [0, 0.05) is 55.2 Å². The molecule has 1 atom stereocenters. The number of nitrogens with zero attached hydrogens (tertiary/aromatic N) is 4. The molecule has 0 radical (unpaired) electrons. The summed E-state index contributed by atoms with van der Waals surface area (Å²) >= 11 is 1.25. The first-order valence-corrected chi connectivity index (χ1v) is 22.5. The Hall–Kier alpha value is -7.55. The highest BCUT2D eigenvalue weighted by Crippen LogP contribution is 2.42. The predicted octanol–water partition coefficient (Wildman–Crippen LogP) is 7.39. The molecule has 0 bridgehead atoms. The Kier molecular flexibility index (Phi) is 12.5. The molecule has 0 unspecified atom stereocenters. The van der Waals surface area contributed by atoms with Gasteiger partial charge in [0.25, 0.3) is 23.6 Å². The van der Waals surface area contributed by atoms with Crippen molar-refractivity contribution in [2.75, 3.05) is 48.2 Å². The van der Waals surface area contributed by atoms with E-state index in [4.69, 9.17) is 23.8 Å². The van der Waals surface area contributed by atoms with E-state index in [1.54, 1.807) is 29.2 Å². The van der Waals surface area contributed by atoms with E-state index < -0.39 is 17.8 Å². The van der Waals surface area contributed by atoms with Crippen molar-refractivity contribution in [3.05, 3.63) is 137 Å². The number of methoxy groups -OCH3 is 2. The number of hydrogen-bond donors (Lipinski definition) is 1. The summed E-state index contributed by atoms with van der Waals surface area (Å²) in [5.41, 5.74) is 8.04. The predicted molar refractivity (Wildman–Crippen MR) is 248 cm³/mol. The van der Waals surface area contributed by atoms with Gasteiger partial charge in [0.2, 0.25) is 0 Å². The lowest BCUT2D eigenvalue weighted by Crippen LogP contribution is -2.39. The summed E-state index contributed by atoms with van der Waals surface area (Å²) in [4.78, 5) is 77.7. The molecule has 0 aliphatic carbocycles. The van der Waals surface area contributed by atoms with E-state index in [1.165, 1.54) is 26.0 Å². The van der Waals surface area contributed by atoms with Gasteiger partial charge in [0.05, 0.1) is 48.5 Å². The van der Waals surface area contributed by atoms with Gasteiger partial charge in [-0.25, -0.2) is 9.79 Å². The van der Waals surface area contributed by atoms with Gasteiger partial charge in [0.1, 0.15) is 13.2 Å². The van der Waals surface area contributed by atoms with Gasteiger partial charge in [-0.15, -0.1) is 16.8 Å². The van der Waals surface area contributed by atoms with Crippen LogP contribution in [0.3, 0.4) is 0 Å². The smallest absolute Gasteiger partial charge is 0.343 e. The molecule has 66 heavy (non-hydrogen) atoms. The lowest BCUT2D eigenvalue weighted by atomic mass is 10.1. The van der Waals surface area contributed by atoms with Crippen LogP contribution in [-0.4, -0.2) is 79.6 Å². The number of benzene rings is 5. The second kappa shape index (κ2) is 18.9. The van der Waals surface area contributed by atoms with Crippen LogP contribution in [0.25, 0.3) is 0 Å². The molecule has 1 fully saturated rings. The fraction of sp³-hybridized carbons (Fsp3) is 0.260. The van der Waals surface area contributed by atoms with Gasteiger partial charge in [-0.2, -0.15) is 0 Å². The Balaban J connectivity index is 0.957. The van der Waals surface area contributed by atoms with Crippen LogP contribution < -0.4 is 34.1 Å². The van der Waals surface area contributed by atoms with Gasteiger partial charge >= 0.3 is 5.97 Å². The highest BCUT2D eigenvalue weighted by molar-refractivity contribution is 7.99. The Morgan fingerprint density at radius 1 is 0.788 bits per heavy atom. The lowest BCUT2D eigenvalue weighted by molar-refractivity contribution is -0.195. The third-order valence-electron chi connectivity index (χ3n) is 11.8. The third kappa shape index (κ3) is 8.80. The van der Waals surface area contributed by atoms with Gasteiger partial charge in [0.15, 0.2) is 23.0 Å². The van der Waals surface area contributed by atoms with E-state index in [1.807, 2.05) is 65.6 Å². The number of hydroxylamine groups is 2.